The average molecular weight is 464 g/mol. The van der Waals surface area contributed by atoms with Crippen molar-refractivity contribution in [3.8, 4) is 28.5 Å². The summed E-state index contributed by atoms with van der Waals surface area (Å²) >= 11 is 5.71. The molecule has 0 aliphatic rings. The van der Waals surface area contributed by atoms with E-state index in [1.54, 1.807) is 6.07 Å². The fourth-order valence-corrected chi connectivity index (χ4v) is 3.90. The van der Waals surface area contributed by atoms with Gasteiger partial charge in [-0.3, -0.25) is 4.79 Å². The monoisotopic (exact) mass is 463 g/mol. The van der Waals surface area contributed by atoms with Crippen molar-refractivity contribution in [3.63, 3.8) is 0 Å². The van der Waals surface area contributed by atoms with Crippen LogP contribution in [0.2, 0.25) is 0 Å². The van der Waals surface area contributed by atoms with Gasteiger partial charge in [0, 0.05) is 18.5 Å². The molecule has 3 aromatic carbocycles. The molecule has 0 fully saturated rings. The summed E-state index contributed by atoms with van der Waals surface area (Å²) < 4.78 is 19.2. The lowest BCUT2D eigenvalue weighted by Gasteiger charge is -2.17. The number of aryl methyl sites for hydroxylation is 1. The zero-order valence-corrected chi connectivity index (χ0v) is 19.5. The molecule has 170 valence electrons. The zero-order valence-electron chi connectivity index (χ0n) is 18.7. The molecule has 0 atom stereocenters. The number of benzene rings is 3. The molecule has 0 aliphatic carbocycles. The topological polar surface area (TPSA) is 49.7 Å². The Kier molecular flexibility index (Phi) is 7.20. The van der Waals surface area contributed by atoms with Gasteiger partial charge in [-0.2, -0.15) is 0 Å². The first kappa shape index (κ1) is 22.7. The molecule has 0 spiro atoms. The zero-order chi connectivity index (χ0) is 23.2. The summed E-state index contributed by atoms with van der Waals surface area (Å²) in [5.41, 5.74) is 3.26. The number of methoxy groups -OCH3 is 1. The molecule has 5 nitrogen and oxygen atoms in total. The highest BCUT2D eigenvalue weighted by Crippen LogP contribution is 2.32. The normalized spacial score (nSPS) is 10.9. The number of rotatable bonds is 9. The Morgan fingerprint density at radius 1 is 0.909 bits per heavy atom. The van der Waals surface area contributed by atoms with E-state index in [9.17, 15) is 4.79 Å². The van der Waals surface area contributed by atoms with Crippen molar-refractivity contribution >= 4 is 22.5 Å². The molecular weight excluding hydrogens is 438 g/mol. The lowest BCUT2D eigenvalue weighted by Crippen LogP contribution is -2.14. The summed E-state index contributed by atoms with van der Waals surface area (Å²) in [6, 6.07) is 23.1. The average Bonchev–Trinajstić information content (AvgIpc) is 2.86. The molecule has 0 aliphatic heterocycles. The fourth-order valence-electron chi connectivity index (χ4n) is 3.79. The highest BCUT2D eigenvalue weighted by atomic mass is 35.5. The standard InChI is InChI=1S/C27H26ClNO4/c1-29-24-14-13-22(33-18-19-7-4-3-5-8-19)17-23(24)26(30)27(31-2)25(29)20-9-11-21(12-10-20)32-16-6-15-28/h3-5,7-14,17H,6,15-16,18H2,1-2H3. The number of halogens is 1. The molecule has 6 heteroatoms. The van der Waals surface area contributed by atoms with Crippen LogP contribution >= 0.6 is 11.6 Å². The van der Waals surface area contributed by atoms with Crippen LogP contribution in [0.5, 0.6) is 17.2 Å². The molecule has 0 saturated heterocycles. The van der Waals surface area contributed by atoms with Gasteiger partial charge in [0.1, 0.15) is 18.1 Å². The third-order valence-corrected chi connectivity index (χ3v) is 5.72. The largest absolute Gasteiger partial charge is 0.494 e. The van der Waals surface area contributed by atoms with E-state index >= 15 is 0 Å². The third-order valence-electron chi connectivity index (χ3n) is 5.46. The van der Waals surface area contributed by atoms with Crippen LogP contribution in [-0.4, -0.2) is 24.2 Å². The second-order valence-electron chi connectivity index (χ2n) is 7.64. The van der Waals surface area contributed by atoms with Gasteiger partial charge in [-0.15, -0.1) is 11.6 Å². The van der Waals surface area contributed by atoms with E-state index in [0.717, 1.165) is 28.8 Å². The van der Waals surface area contributed by atoms with Gasteiger partial charge in [0.15, 0.2) is 5.75 Å². The number of fused-ring (bicyclic) bond motifs is 1. The van der Waals surface area contributed by atoms with Gasteiger partial charge in [-0.05, 0) is 54.4 Å². The van der Waals surface area contributed by atoms with Gasteiger partial charge in [0.2, 0.25) is 5.43 Å². The third kappa shape index (κ3) is 4.99. The minimum atomic E-state index is -0.173. The van der Waals surface area contributed by atoms with Gasteiger partial charge >= 0.3 is 0 Å². The van der Waals surface area contributed by atoms with Crippen molar-refractivity contribution in [2.24, 2.45) is 7.05 Å². The van der Waals surface area contributed by atoms with Crippen molar-refractivity contribution in [1.29, 1.82) is 0 Å². The molecular formula is C27H26ClNO4. The number of aromatic nitrogens is 1. The molecule has 1 heterocycles. The number of ether oxygens (including phenoxy) is 3. The summed E-state index contributed by atoms with van der Waals surface area (Å²) in [4.78, 5) is 13.3. The maximum atomic E-state index is 13.3. The first-order valence-electron chi connectivity index (χ1n) is 10.8. The Bertz CT molecular complexity index is 1280. The number of hydrogen-bond donors (Lipinski definition) is 0. The van der Waals surface area contributed by atoms with E-state index < -0.39 is 0 Å². The van der Waals surface area contributed by atoms with E-state index in [-0.39, 0.29) is 5.43 Å². The molecule has 1 aromatic heterocycles. The number of alkyl halides is 1. The lowest BCUT2D eigenvalue weighted by molar-refractivity contribution is 0.306. The summed E-state index contributed by atoms with van der Waals surface area (Å²) in [5.74, 6) is 2.25. The number of nitrogens with zero attached hydrogens (tertiary/aromatic N) is 1. The lowest BCUT2D eigenvalue weighted by atomic mass is 10.1. The molecule has 0 unspecified atom stereocenters. The maximum Gasteiger partial charge on any atom is 0.231 e. The van der Waals surface area contributed by atoms with Crippen LogP contribution in [-0.2, 0) is 13.7 Å². The Hall–Kier alpha value is -3.44. The maximum absolute atomic E-state index is 13.3. The van der Waals surface area contributed by atoms with Crippen molar-refractivity contribution in [1.82, 2.24) is 4.57 Å². The predicted molar refractivity (Wildman–Crippen MR) is 133 cm³/mol. The minimum Gasteiger partial charge on any atom is -0.494 e. The van der Waals surface area contributed by atoms with Crippen LogP contribution in [0, 0.1) is 0 Å². The first-order valence-corrected chi connectivity index (χ1v) is 11.3. The van der Waals surface area contributed by atoms with Gasteiger partial charge in [-0.1, -0.05) is 30.3 Å². The van der Waals surface area contributed by atoms with Gasteiger partial charge in [0.25, 0.3) is 0 Å². The Morgan fingerprint density at radius 2 is 1.64 bits per heavy atom. The summed E-state index contributed by atoms with van der Waals surface area (Å²) in [7, 11) is 3.44. The first-order chi connectivity index (χ1) is 16.1. The van der Waals surface area contributed by atoms with Gasteiger partial charge < -0.3 is 18.8 Å². The quantitative estimate of drug-likeness (QED) is 0.232. The van der Waals surface area contributed by atoms with Crippen LogP contribution in [0.4, 0.5) is 0 Å². The van der Waals surface area contributed by atoms with Crippen LogP contribution in [0.15, 0.2) is 77.6 Å². The molecule has 0 radical (unpaired) electrons. The van der Waals surface area contributed by atoms with Crippen molar-refractivity contribution in [3.05, 3.63) is 88.6 Å². The Morgan fingerprint density at radius 3 is 2.33 bits per heavy atom. The van der Waals surface area contributed by atoms with Crippen molar-refractivity contribution < 1.29 is 14.2 Å². The summed E-state index contributed by atoms with van der Waals surface area (Å²) in [5, 5.41) is 0.546. The SMILES string of the molecule is COc1c(-c2ccc(OCCCCl)cc2)n(C)c2ccc(OCc3ccccc3)cc2c1=O. The Labute approximate surface area is 198 Å². The highest BCUT2D eigenvalue weighted by Gasteiger charge is 2.18. The van der Waals surface area contributed by atoms with E-state index in [4.69, 9.17) is 25.8 Å². The number of hydrogen-bond acceptors (Lipinski definition) is 4. The van der Waals surface area contributed by atoms with Crippen LogP contribution < -0.4 is 19.6 Å². The molecule has 0 bridgehead atoms. The fraction of sp³-hybridized carbons (Fsp3) is 0.222. The highest BCUT2D eigenvalue weighted by molar-refractivity contribution is 6.17. The molecule has 4 aromatic rings. The van der Waals surface area contributed by atoms with Crippen LogP contribution in [0.3, 0.4) is 0 Å². The van der Waals surface area contributed by atoms with Gasteiger partial charge in [0.05, 0.1) is 30.3 Å². The van der Waals surface area contributed by atoms with Crippen molar-refractivity contribution in [2.75, 3.05) is 19.6 Å². The summed E-state index contributed by atoms with van der Waals surface area (Å²) in [6.07, 6.45) is 0.785. The second kappa shape index (κ2) is 10.5. The molecule has 4 rings (SSSR count). The van der Waals surface area contributed by atoms with Crippen molar-refractivity contribution in [2.45, 2.75) is 13.0 Å². The second-order valence-corrected chi connectivity index (χ2v) is 8.02. The molecule has 0 N–H and O–H groups in total. The predicted octanol–water partition coefficient (Wildman–Crippen LogP) is 5.80. The molecule has 33 heavy (non-hydrogen) atoms. The molecule has 0 saturated carbocycles. The molecule has 0 amide bonds. The van der Waals surface area contributed by atoms with E-state index in [1.165, 1.54) is 7.11 Å². The van der Waals surface area contributed by atoms with Gasteiger partial charge in [-0.25, -0.2) is 0 Å². The smallest absolute Gasteiger partial charge is 0.231 e. The minimum absolute atomic E-state index is 0.173. The van der Waals surface area contributed by atoms with E-state index in [0.29, 0.717) is 41.7 Å². The van der Waals surface area contributed by atoms with Crippen LogP contribution in [0.25, 0.3) is 22.2 Å². The summed E-state index contributed by atoms with van der Waals surface area (Å²) in [6.45, 7) is 0.997. The van der Waals surface area contributed by atoms with Crippen LogP contribution in [0.1, 0.15) is 12.0 Å². The Balaban J connectivity index is 1.68. The van der Waals surface area contributed by atoms with E-state index in [2.05, 4.69) is 0 Å². The van der Waals surface area contributed by atoms with E-state index in [1.807, 2.05) is 78.3 Å². The number of pyridine rings is 1.